The summed E-state index contributed by atoms with van der Waals surface area (Å²) in [5.74, 6) is 1.29. The second-order valence-corrected chi connectivity index (χ2v) is 11.8. The fourth-order valence-electron chi connectivity index (χ4n) is 5.31. The number of esters is 1. The fraction of sp³-hybridized carbons (Fsp3) is 0.250. The van der Waals surface area contributed by atoms with Crippen LogP contribution in [0, 0.1) is 0 Å². The van der Waals surface area contributed by atoms with Crippen LogP contribution in [0.15, 0.2) is 94.4 Å². The topological polar surface area (TPSA) is 88.4 Å². The van der Waals surface area contributed by atoms with Gasteiger partial charge in [-0.05, 0) is 74.7 Å². The number of carbonyl (C=O) groups is 1. The minimum absolute atomic E-state index is 0.197. The standard InChI is InChI=1S/C36H35ClN2O6S/c1-6-11-25-18-23(19-29(43-7-2)33(25)45-21-26-12-9-10-13-28(26)37)20-30-34(40)39-32(24-14-16-27(42-5)17-15-24)31(35(41)44-8-3)22(4)38-36(39)46-30/h6,9-10,12-20,32H,1,7-8,11,21H2,2-5H3/b30-20+/t32-/m1/s1. The summed E-state index contributed by atoms with van der Waals surface area (Å²) < 4.78 is 25.0. The number of hydrogen-bond acceptors (Lipinski definition) is 8. The Labute approximate surface area is 276 Å². The molecule has 0 radical (unpaired) electrons. The summed E-state index contributed by atoms with van der Waals surface area (Å²) in [4.78, 5) is 32.5. The molecule has 0 spiro atoms. The van der Waals surface area contributed by atoms with E-state index in [1.807, 2.05) is 61.5 Å². The van der Waals surface area contributed by atoms with E-state index in [4.69, 9.17) is 30.5 Å². The second kappa shape index (κ2) is 14.7. The first-order valence-corrected chi connectivity index (χ1v) is 16.1. The first-order valence-electron chi connectivity index (χ1n) is 14.9. The van der Waals surface area contributed by atoms with E-state index < -0.39 is 12.0 Å². The summed E-state index contributed by atoms with van der Waals surface area (Å²) in [5, 5.41) is 0.618. The Morgan fingerprint density at radius 3 is 2.50 bits per heavy atom. The summed E-state index contributed by atoms with van der Waals surface area (Å²) >= 11 is 7.63. The van der Waals surface area contributed by atoms with E-state index in [9.17, 15) is 9.59 Å². The van der Waals surface area contributed by atoms with Crippen LogP contribution in [0.2, 0.25) is 5.02 Å². The molecule has 0 fully saturated rings. The van der Waals surface area contributed by atoms with Crippen LogP contribution in [0.25, 0.3) is 6.08 Å². The molecule has 0 bridgehead atoms. The van der Waals surface area contributed by atoms with Crippen LogP contribution >= 0.6 is 22.9 Å². The number of nitrogens with zero attached hydrogens (tertiary/aromatic N) is 2. The van der Waals surface area contributed by atoms with E-state index in [1.54, 1.807) is 43.7 Å². The normalized spacial score (nSPS) is 14.4. The molecule has 2 heterocycles. The van der Waals surface area contributed by atoms with E-state index in [1.165, 1.54) is 11.3 Å². The zero-order valence-electron chi connectivity index (χ0n) is 26.2. The third kappa shape index (κ3) is 6.80. The summed E-state index contributed by atoms with van der Waals surface area (Å²) in [7, 11) is 1.58. The summed E-state index contributed by atoms with van der Waals surface area (Å²) in [6.07, 6.45) is 4.12. The highest BCUT2D eigenvalue weighted by Gasteiger charge is 2.33. The van der Waals surface area contributed by atoms with E-state index in [0.717, 1.165) is 22.3 Å². The van der Waals surface area contributed by atoms with Crippen LogP contribution < -0.4 is 29.1 Å². The summed E-state index contributed by atoms with van der Waals surface area (Å²) in [6, 6.07) is 17.9. The average Bonchev–Trinajstić information content (AvgIpc) is 3.34. The number of halogens is 1. The van der Waals surface area contributed by atoms with Gasteiger partial charge in [0.25, 0.3) is 5.56 Å². The maximum Gasteiger partial charge on any atom is 0.338 e. The van der Waals surface area contributed by atoms with E-state index in [2.05, 4.69) is 11.6 Å². The minimum atomic E-state index is -0.723. The number of ether oxygens (including phenoxy) is 4. The van der Waals surface area contributed by atoms with Crippen molar-refractivity contribution in [1.82, 2.24) is 4.57 Å². The number of thiazole rings is 1. The Hall–Kier alpha value is -4.60. The van der Waals surface area contributed by atoms with Crippen molar-refractivity contribution in [2.75, 3.05) is 20.3 Å². The number of methoxy groups -OCH3 is 1. The molecule has 0 aliphatic carbocycles. The molecule has 8 nitrogen and oxygen atoms in total. The maximum atomic E-state index is 14.1. The van der Waals surface area contributed by atoms with Crippen molar-refractivity contribution in [3.63, 3.8) is 0 Å². The van der Waals surface area contributed by atoms with Crippen LogP contribution in [0.4, 0.5) is 0 Å². The lowest BCUT2D eigenvalue weighted by Crippen LogP contribution is -2.39. The monoisotopic (exact) mass is 658 g/mol. The van der Waals surface area contributed by atoms with Crippen molar-refractivity contribution < 1.29 is 23.7 Å². The molecule has 0 unspecified atom stereocenters. The lowest BCUT2D eigenvalue weighted by Gasteiger charge is -2.24. The Bertz CT molecular complexity index is 1980. The van der Waals surface area contributed by atoms with Crippen molar-refractivity contribution in [3.05, 3.63) is 132 Å². The first kappa shape index (κ1) is 32.8. The molecular formula is C36H35ClN2O6S. The fourth-order valence-corrected chi connectivity index (χ4v) is 6.55. The predicted octanol–water partition coefficient (Wildman–Crippen LogP) is 6.17. The second-order valence-electron chi connectivity index (χ2n) is 10.4. The number of benzene rings is 3. The SMILES string of the molecule is C=CCc1cc(/C=c2/sc3n(c2=O)[C@H](c2ccc(OC)cc2)C(C(=O)OCC)=C(C)N=3)cc(OCC)c1OCc1ccccc1Cl. The van der Waals surface area contributed by atoms with Crippen molar-refractivity contribution in [2.45, 2.75) is 39.8 Å². The highest BCUT2D eigenvalue weighted by atomic mass is 35.5. The quantitative estimate of drug-likeness (QED) is 0.134. The van der Waals surface area contributed by atoms with Crippen LogP contribution in [0.1, 0.15) is 49.1 Å². The highest BCUT2D eigenvalue weighted by molar-refractivity contribution is 7.07. The highest BCUT2D eigenvalue weighted by Crippen LogP contribution is 2.36. The Balaban J connectivity index is 1.63. The number of rotatable bonds is 12. The predicted molar refractivity (Wildman–Crippen MR) is 181 cm³/mol. The molecule has 5 rings (SSSR count). The zero-order valence-corrected chi connectivity index (χ0v) is 27.7. The van der Waals surface area contributed by atoms with Gasteiger partial charge in [-0.2, -0.15) is 0 Å². The molecule has 1 aromatic heterocycles. The van der Waals surface area contributed by atoms with Gasteiger partial charge < -0.3 is 18.9 Å². The van der Waals surface area contributed by atoms with Crippen LogP contribution in [-0.2, 0) is 22.6 Å². The molecule has 46 heavy (non-hydrogen) atoms. The number of aromatic nitrogens is 1. The van der Waals surface area contributed by atoms with E-state index >= 15 is 0 Å². The molecule has 1 aliphatic rings. The molecule has 0 saturated heterocycles. The lowest BCUT2D eigenvalue weighted by atomic mass is 9.96. The number of allylic oxidation sites excluding steroid dienone is 2. The maximum absolute atomic E-state index is 14.1. The molecule has 238 valence electrons. The number of hydrogen-bond donors (Lipinski definition) is 0. The van der Waals surface area contributed by atoms with Gasteiger partial charge in [0.15, 0.2) is 16.3 Å². The first-order chi connectivity index (χ1) is 22.3. The molecule has 0 N–H and O–H groups in total. The Morgan fingerprint density at radius 1 is 1.07 bits per heavy atom. The van der Waals surface area contributed by atoms with Crippen LogP contribution in [0.3, 0.4) is 0 Å². The summed E-state index contributed by atoms with van der Waals surface area (Å²) in [6.45, 7) is 10.2. The van der Waals surface area contributed by atoms with Gasteiger partial charge in [0, 0.05) is 16.1 Å². The number of carbonyl (C=O) groups excluding carboxylic acids is 1. The number of fused-ring (bicyclic) bond motifs is 1. The van der Waals surface area contributed by atoms with Gasteiger partial charge in [0.05, 0.1) is 42.2 Å². The molecule has 10 heteroatoms. The van der Waals surface area contributed by atoms with Gasteiger partial charge in [-0.15, -0.1) is 6.58 Å². The minimum Gasteiger partial charge on any atom is -0.497 e. The lowest BCUT2D eigenvalue weighted by molar-refractivity contribution is -0.139. The van der Waals surface area contributed by atoms with Gasteiger partial charge >= 0.3 is 5.97 Å². The molecule has 1 atom stereocenters. The van der Waals surface area contributed by atoms with E-state index in [-0.39, 0.29) is 18.8 Å². The van der Waals surface area contributed by atoms with E-state index in [0.29, 0.717) is 55.9 Å². The third-order valence-electron chi connectivity index (χ3n) is 7.39. The summed E-state index contributed by atoms with van der Waals surface area (Å²) in [5.41, 5.74) is 3.72. The Kier molecular flexibility index (Phi) is 10.4. The average molecular weight is 659 g/mol. The van der Waals surface area contributed by atoms with Gasteiger partial charge in [-0.1, -0.05) is 59.3 Å². The molecule has 3 aromatic carbocycles. The van der Waals surface area contributed by atoms with Crippen LogP contribution in [0.5, 0.6) is 17.2 Å². The molecular weight excluding hydrogens is 624 g/mol. The molecule has 0 amide bonds. The third-order valence-corrected chi connectivity index (χ3v) is 8.75. The van der Waals surface area contributed by atoms with Crippen molar-refractivity contribution in [3.8, 4) is 17.2 Å². The zero-order chi connectivity index (χ0) is 32.8. The van der Waals surface area contributed by atoms with Crippen molar-refractivity contribution >= 4 is 35.0 Å². The smallest absolute Gasteiger partial charge is 0.338 e. The molecule has 1 aliphatic heterocycles. The molecule has 4 aromatic rings. The van der Waals surface area contributed by atoms with Gasteiger partial charge in [-0.25, -0.2) is 9.79 Å². The Morgan fingerprint density at radius 2 is 1.83 bits per heavy atom. The van der Waals surface area contributed by atoms with Gasteiger partial charge in [0.1, 0.15) is 12.4 Å². The largest absolute Gasteiger partial charge is 0.497 e. The van der Waals surface area contributed by atoms with Gasteiger partial charge in [0.2, 0.25) is 0 Å². The molecule has 0 saturated carbocycles. The van der Waals surface area contributed by atoms with Gasteiger partial charge in [-0.3, -0.25) is 9.36 Å². The van der Waals surface area contributed by atoms with Crippen LogP contribution in [-0.4, -0.2) is 30.9 Å². The van der Waals surface area contributed by atoms with Crippen molar-refractivity contribution in [2.24, 2.45) is 4.99 Å². The van der Waals surface area contributed by atoms with Crippen molar-refractivity contribution in [1.29, 1.82) is 0 Å².